The molecule has 126 valence electrons. The Kier molecular flexibility index (Phi) is 3.89. The first-order chi connectivity index (χ1) is 11.9. The molecule has 9 nitrogen and oxygen atoms in total. The molecule has 9 heteroatoms. The summed E-state index contributed by atoms with van der Waals surface area (Å²) in [7, 11) is 0. The van der Waals surface area contributed by atoms with Gasteiger partial charge in [0.2, 0.25) is 0 Å². The van der Waals surface area contributed by atoms with Crippen LogP contribution in [0.5, 0.6) is 5.75 Å². The lowest BCUT2D eigenvalue weighted by atomic mass is 10.2. The Morgan fingerprint density at radius 1 is 1.08 bits per heavy atom. The van der Waals surface area contributed by atoms with Gasteiger partial charge in [-0.25, -0.2) is 14.6 Å². The summed E-state index contributed by atoms with van der Waals surface area (Å²) in [5.74, 6) is -2.95. The smallest absolute Gasteiger partial charge is 0.358 e. The fourth-order valence-corrected chi connectivity index (χ4v) is 2.33. The Bertz CT molecular complexity index is 1040. The van der Waals surface area contributed by atoms with Gasteiger partial charge >= 0.3 is 11.9 Å². The molecule has 1 aromatic carbocycles. The molecule has 0 unspecified atom stereocenters. The van der Waals surface area contributed by atoms with Crippen LogP contribution in [0, 0.1) is 6.92 Å². The van der Waals surface area contributed by atoms with Crippen molar-refractivity contribution in [2.75, 3.05) is 0 Å². The quantitative estimate of drug-likeness (QED) is 0.624. The largest absolute Gasteiger partial charge is 0.507 e. The first kappa shape index (κ1) is 16.1. The number of carboxylic acids is 2. The van der Waals surface area contributed by atoms with Crippen LogP contribution >= 0.6 is 0 Å². The number of aromatic nitrogens is 2. The summed E-state index contributed by atoms with van der Waals surface area (Å²) in [6.07, 6.45) is 0. The normalized spacial score (nSPS) is 11.2. The number of carboxylic acid groups (broad SMARTS) is 2. The number of rotatable bonds is 4. The highest BCUT2D eigenvalue weighted by molar-refractivity contribution is 5.92. The lowest BCUT2D eigenvalue weighted by Gasteiger charge is -2.02. The molecule has 0 aliphatic rings. The van der Waals surface area contributed by atoms with E-state index in [2.05, 4.69) is 15.2 Å². The third kappa shape index (κ3) is 2.90. The Hall–Kier alpha value is -3.75. The van der Waals surface area contributed by atoms with Crippen LogP contribution < -0.4 is 0 Å². The van der Waals surface area contributed by atoms with Gasteiger partial charge in [-0.1, -0.05) is 6.07 Å². The van der Waals surface area contributed by atoms with Crippen molar-refractivity contribution in [2.45, 2.75) is 6.92 Å². The number of hydrogen-bond acceptors (Lipinski definition) is 6. The number of pyridine rings is 1. The molecule has 2 heterocycles. The SMILES string of the molecule is Cc1cccc2nc(C(=O)O)c(N=Nc3ccc(O)c(C(=O)O)c3)n12. The van der Waals surface area contributed by atoms with E-state index in [1.54, 1.807) is 25.1 Å². The van der Waals surface area contributed by atoms with E-state index < -0.39 is 17.7 Å². The fourth-order valence-electron chi connectivity index (χ4n) is 2.33. The molecule has 3 rings (SSSR count). The number of imidazole rings is 1. The molecule has 3 aromatic rings. The molecule has 0 radical (unpaired) electrons. The van der Waals surface area contributed by atoms with Crippen molar-refractivity contribution in [3.63, 3.8) is 0 Å². The molecule has 0 bridgehead atoms. The minimum absolute atomic E-state index is 0.0190. The second-order valence-corrected chi connectivity index (χ2v) is 5.16. The molecule has 0 amide bonds. The summed E-state index contributed by atoms with van der Waals surface area (Å²) in [4.78, 5) is 26.5. The van der Waals surface area contributed by atoms with Gasteiger partial charge in [0.05, 0.1) is 5.69 Å². The molecule has 0 atom stereocenters. The second-order valence-electron chi connectivity index (χ2n) is 5.16. The topological polar surface area (TPSA) is 137 Å². The minimum Gasteiger partial charge on any atom is -0.507 e. The number of phenols is 1. The number of carbonyl (C=O) groups is 2. The van der Waals surface area contributed by atoms with Gasteiger partial charge in [-0.15, -0.1) is 10.2 Å². The molecular formula is C16H12N4O5. The minimum atomic E-state index is -1.31. The molecule has 0 fully saturated rings. The van der Waals surface area contributed by atoms with E-state index in [1.807, 2.05) is 0 Å². The van der Waals surface area contributed by atoms with E-state index in [0.29, 0.717) is 11.3 Å². The maximum atomic E-state index is 11.4. The summed E-state index contributed by atoms with van der Waals surface area (Å²) in [6, 6.07) is 8.82. The van der Waals surface area contributed by atoms with Crippen LogP contribution in [0.15, 0.2) is 46.6 Å². The third-order valence-corrected chi connectivity index (χ3v) is 3.49. The number of hydrogen-bond donors (Lipinski definition) is 3. The monoisotopic (exact) mass is 340 g/mol. The highest BCUT2D eigenvalue weighted by Crippen LogP contribution is 2.28. The number of aryl methyl sites for hydroxylation is 1. The van der Waals surface area contributed by atoms with E-state index in [9.17, 15) is 19.8 Å². The van der Waals surface area contributed by atoms with Crippen LogP contribution in [0.2, 0.25) is 0 Å². The maximum Gasteiger partial charge on any atom is 0.358 e. The first-order valence-corrected chi connectivity index (χ1v) is 7.08. The van der Waals surface area contributed by atoms with Crippen molar-refractivity contribution in [3.05, 3.63) is 53.3 Å². The molecule has 0 saturated heterocycles. The molecule has 2 aromatic heterocycles. The van der Waals surface area contributed by atoms with Crippen molar-refractivity contribution in [2.24, 2.45) is 10.2 Å². The maximum absolute atomic E-state index is 11.4. The van der Waals surface area contributed by atoms with Gasteiger partial charge in [0, 0.05) is 5.69 Å². The Morgan fingerprint density at radius 2 is 1.84 bits per heavy atom. The molecular weight excluding hydrogens is 328 g/mol. The fraction of sp³-hybridized carbons (Fsp3) is 0.0625. The number of fused-ring (bicyclic) bond motifs is 1. The average molecular weight is 340 g/mol. The highest BCUT2D eigenvalue weighted by atomic mass is 16.4. The van der Waals surface area contributed by atoms with Crippen LogP contribution in [0.25, 0.3) is 5.65 Å². The number of azo groups is 1. The van der Waals surface area contributed by atoms with Crippen molar-refractivity contribution in [3.8, 4) is 5.75 Å². The number of aromatic hydroxyl groups is 1. The molecule has 0 aliphatic heterocycles. The zero-order valence-corrected chi connectivity index (χ0v) is 12.9. The lowest BCUT2D eigenvalue weighted by molar-refractivity contribution is 0.0682. The molecule has 0 saturated carbocycles. The van der Waals surface area contributed by atoms with Crippen LogP contribution in [-0.4, -0.2) is 36.6 Å². The van der Waals surface area contributed by atoms with E-state index in [0.717, 1.165) is 6.07 Å². The van der Waals surface area contributed by atoms with Gasteiger partial charge in [-0.05, 0) is 37.3 Å². The second kappa shape index (κ2) is 6.04. The van der Waals surface area contributed by atoms with E-state index >= 15 is 0 Å². The lowest BCUT2D eigenvalue weighted by Crippen LogP contribution is -1.97. The van der Waals surface area contributed by atoms with Crippen LogP contribution in [0.4, 0.5) is 11.5 Å². The summed E-state index contributed by atoms with van der Waals surface area (Å²) in [5.41, 5.74) is 0.668. The molecule has 25 heavy (non-hydrogen) atoms. The molecule has 0 spiro atoms. The Balaban J connectivity index is 2.13. The van der Waals surface area contributed by atoms with Gasteiger partial charge in [-0.3, -0.25) is 4.40 Å². The van der Waals surface area contributed by atoms with Gasteiger partial charge in [0.1, 0.15) is 17.0 Å². The summed E-state index contributed by atoms with van der Waals surface area (Å²) >= 11 is 0. The van der Waals surface area contributed by atoms with E-state index in [1.165, 1.54) is 16.5 Å². The van der Waals surface area contributed by atoms with Crippen LogP contribution in [-0.2, 0) is 0 Å². The van der Waals surface area contributed by atoms with Crippen molar-refractivity contribution in [1.82, 2.24) is 9.38 Å². The first-order valence-electron chi connectivity index (χ1n) is 7.08. The Labute approximate surface area is 140 Å². The standard InChI is InChI=1S/C16H12N4O5/c1-8-3-2-4-12-17-13(16(24)25)14(20(8)12)19-18-9-5-6-11(21)10(7-9)15(22)23/h2-7,21H,1H3,(H,22,23)(H,24,25). The summed E-state index contributed by atoms with van der Waals surface area (Å²) in [5, 5.41) is 35.7. The van der Waals surface area contributed by atoms with Gasteiger partial charge in [-0.2, -0.15) is 0 Å². The molecule has 3 N–H and O–H groups in total. The number of benzene rings is 1. The third-order valence-electron chi connectivity index (χ3n) is 3.49. The summed E-state index contributed by atoms with van der Waals surface area (Å²) < 4.78 is 1.53. The van der Waals surface area contributed by atoms with Crippen LogP contribution in [0.1, 0.15) is 26.5 Å². The van der Waals surface area contributed by atoms with Gasteiger partial charge in [0.15, 0.2) is 11.5 Å². The predicted molar refractivity (Wildman–Crippen MR) is 86.1 cm³/mol. The number of aromatic carboxylic acids is 2. The average Bonchev–Trinajstić information content (AvgIpc) is 2.94. The zero-order valence-electron chi connectivity index (χ0n) is 12.9. The zero-order chi connectivity index (χ0) is 18.1. The number of nitrogens with zero attached hydrogens (tertiary/aromatic N) is 4. The van der Waals surface area contributed by atoms with E-state index in [-0.39, 0.29) is 22.8 Å². The summed E-state index contributed by atoms with van der Waals surface area (Å²) in [6.45, 7) is 1.77. The van der Waals surface area contributed by atoms with Crippen LogP contribution in [0.3, 0.4) is 0 Å². The predicted octanol–water partition coefficient (Wildman–Crippen LogP) is 3.16. The van der Waals surface area contributed by atoms with Crippen molar-refractivity contribution >= 4 is 29.1 Å². The van der Waals surface area contributed by atoms with Gasteiger partial charge < -0.3 is 15.3 Å². The molecule has 0 aliphatic carbocycles. The highest BCUT2D eigenvalue weighted by Gasteiger charge is 2.19. The van der Waals surface area contributed by atoms with E-state index in [4.69, 9.17) is 5.11 Å². The van der Waals surface area contributed by atoms with Crippen molar-refractivity contribution in [1.29, 1.82) is 0 Å². The Morgan fingerprint density at radius 3 is 2.52 bits per heavy atom. The van der Waals surface area contributed by atoms with Crippen molar-refractivity contribution < 1.29 is 24.9 Å². The van der Waals surface area contributed by atoms with Gasteiger partial charge in [0.25, 0.3) is 0 Å².